The fourth-order valence-corrected chi connectivity index (χ4v) is 2.52. The molecule has 1 nitrogen and oxygen atoms in total. The summed E-state index contributed by atoms with van der Waals surface area (Å²) < 4.78 is 0. The van der Waals surface area contributed by atoms with Crippen molar-refractivity contribution in [3.63, 3.8) is 0 Å². The maximum absolute atomic E-state index is 10.1. The van der Waals surface area contributed by atoms with Crippen LogP contribution in [0.25, 0.3) is 0 Å². The Morgan fingerprint density at radius 2 is 1.52 bits per heavy atom. The molecule has 0 saturated carbocycles. The van der Waals surface area contributed by atoms with Gasteiger partial charge in [-0.25, -0.2) is 0 Å². The van der Waals surface area contributed by atoms with E-state index >= 15 is 0 Å². The summed E-state index contributed by atoms with van der Waals surface area (Å²) in [6.45, 7) is 8.26. The van der Waals surface area contributed by atoms with Crippen molar-refractivity contribution in [2.24, 2.45) is 0 Å². The third kappa shape index (κ3) is 2.81. The first-order chi connectivity index (χ1) is 9.79. The average molecular weight is 278 g/mol. The first-order valence-corrected chi connectivity index (χ1v) is 7.16. The van der Waals surface area contributed by atoms with Crippen molar-refractivity contribution in [3.05, 3.63) is 65.2 Å². The highest BCUT2D eigenvalue weighted by molar-refractivity contribution is 5.49. The van der Waals surface area contributed by atoms with E-state index in [0.717, 1.165) is 11.1 Å². The molecule has 0 amide bonds. The topological polar surface area (TPSA) is 20.2 Å². The number of hydrogen-bond acceptors (Lipinski definition) is 1. The minimum atomic E-state index is -0.493. The Bertz CT molecular complexity index is 673. The predicted molar refractivity (Wildman–Crippen MR) is 88.5 cm³/mol. The minimum Gasteiger partial charge on any atom is -0.508 e. The summed E-state index contributed by atoms with van der Waals surface area (Å²) in [5.41, 5.74) is 2.54. The molecule has 1 heteroatoms. The standard InChI is InChI=1S/C20H22O/c1-6-19(2,3)17-14-16(12-13-18(17)21)20(4,5)15-10-8-7-9-11-15/h1,7-14,21H,2-5H3. The highest BCUT2D eigenvalue weighted by Crippen LogP contribution is 2.37. The van der Waals surface area contributed by atoms with E-state index in [4.69, 9.17) is 6.42 Å². The van der Waals surface area contributed by atoms with Gasteiger partial charge in [0.2, 0.25) is 0 Å². The van der Waals surface area contributed by atoms with Crippen molar-refractivity contribution in [1.29, 1.82) is 0 Å². The summed E-state index contributed by atoms with van der Waals surface area (Å²) in [5.74, 6) is 3.01. The van der Waals surface area contributed by atoms with Gasteiger partial charge < -0.3 is 5.11 Å². The smallest absolute Gasteiger partial charge is 0.120 e. The van der Waals surface area contributed by atoms with Crippen LogP contribution in [0.3, 0.4) is 0 Å². The number of aromatic hydroxyl groups is 1. The fraction of sp³-hybridized carbons (Fsp3) is 0.300. The zero-order valence-corrected chi connectivity index (χ0v) is 13.1. The zero-order chi connectivity index (χ0) is 15.7. The Morgan fingerprint density at radius 1 is 0.905 bits per heavy atom. The van der Waals surface area contributed by atoms with Gasteiger partial charge in [0.25, 0.3) is 0 Å². The zero-order valence-electron chi connectivity index (χ0n) is 13.1. The molecule has 0 fully saturated rings. The molecule has 1 N–H and O–H groups in total. The number of terminal acetylenes is 1. The average Bonchev–Trinajstić information content (AvgIpc) is 2.48. The normalized spacial score (nSPS) is 12.0. The lowest BCUT2D eigenvalue weighted by molar-refractivity contribution is 0.456. The molecule has 2 aromatic carbocycles. The largest absolute Gasteiger partial charge is 0.508 e. The lowest BCUT2D eigenvalue weighted by Crippen LogP contribution is -2.21. The van der Waals surface area contributed by atoms with Crippen LogP contribution in [-0.4, -0.2) is 5.11 Å². The SMILES string of the molecule is C#CC(C)(C)c1cc(C(C)(C)c2ccccc2)ccc1O. The first-order valence-electron chi connectivity index (χ1n) is 7.16. The van der Waals surface area contributed by atoms with Gasteiger partial charge >= 0.3 is 0 Å². The van der Waals surface area contributed by atoms with Crippen molar-refractivity contribution in [1.82, 2.24) is 0 Å². The number of rotatable bonds is 3. The van der Waals surface area contributed by atoms with Crippen LogP contribution in [-0.2, 0) is 10.8 Å². The first kappa shape index (κ1) is 15.2. The second kappa shape index (κ2) is 5.30. The van der Waals surface area contributed by atoms with Crippen LogP contribution in [0.4, 0.5) is 0 Å². The summed E-state index contributed by atoms with van der Waals surface area (Å²) >= 11 is 0. The molecule has 0 aliphatic heterocycles. The van der Waals surface area contributed by atoms with Crippen molar-refractivity contribution >= 4 is 0 Å². The number of hydrogen-bond donors (Lipinski definition) is 1. The lowest BCUT2D eigenvalue weighted by Gasteiger charge is -2.29. The van der Waals surface area contributed by atoms with Crippen molar-refractivity contribution in [2.75, 3.05) is 0 Å². The molecule has 0 aliphatic rings. The molecule has 0 radical (unpaired) electrons. The molecule has 21 heavy (non-hydrogen) atoms. The van der Waals surface area contributed by atoms with Gasteiger partial charge in [-0.05, 0) is 37.1 Å². The molecular weight excluding hydrogens is 256 g/mol. The molecule has 2 aromatic rings. The van der Waals surface area contributed by atoms with E-state index in [2.05, 4.69) is 31.9 Å². The van der Waals surface area contributed by atoms with Crippen molar-refractivity contribution in [3.8, 4) is 18.1 Å². The van der Waals surface area contributed by atoms with Crippen molar-refractivity contribution < 1.29 is 5.11 Å². The molecule has 0 saturated heterocycles. The maximum atomic E-state index is 10.1. The van der Waals surface area contributed by atoms with Crippen LogP contribution in [0.2, 0.25) is 0 Å². The summed E-state index contributed by atoms with van der Waals surface area (Å²) in [4.78, 5) is 0. The molecule has 0 heterocycles. The van der Waals surface area contributed by atoms with E-state index in [9.17, 15) is 5.11 Å². The van der Waals surface area contributed by atoms with Crippen LogP contribution < -0.4 is 0 Å². The Kier molecular flexibility index (Phi) is 3.83. The van der Waals surface area contributed by atoms with Crippen LogP contribution in [0.5, 0.6) is 5.75 Å². The second-order valence-corrected chi connectivity index (χ2v) is 6.49. The highest BCUT2D eigenvalue weighted by Gasteiger charge is 2.27. The molecule has 0 aromatic heterocycles. The highest BCUT2D eigenvalue weighted by atomic mass is 16.3. The van der Waals surface area contributed by atoms with Gasteiger partial charge in [-0.3, -0.25) is 0 Å². The molecular formula is C20H22O. The summed E-state index contributed by atoms with van der Waals surface area (Å²) in [5, 5.41) is 10.1. The van der Waals surface area contributed by atoms with Gasteiger partial charge in [0.1, 0.15) is 5.75 Å². The Labute approximate surface area is 127 Å². The molecule has 0 spiro atoms. The molecule has 0 aliphatic carbocycles. The molecule has 2 rings (SSSR count). The Balaban J connectivity index is 2.57. The minimum absolute atomic E-state index is 0.144. The molecule has 0 atom stereocenters. The van der Waals surface area contributed by atoms with Crippen LogP contribution in [0.15, 0.2) is 48.5 Å². The van der Waals surface area contributed by atoms with Gasteiger partial charge in [-0.2, -0.15) is 0 Å². The Hall–Kier alpha value is -2.20. The van der Waals surface area contributed by atoms with Crippen LogP contribution >= 0.6 is 0 Å². The van der Waals surface area contributed by atoms with Crippen LogP contribution in [0, 0.1) is 12.3 Å². The van der Waals surface area contributed by atoms with E-state index < -0.39 is 5.41 Å². The maximum Gasteiger partial charge on any atom is 0.120 e. The summed E-state index contributed by atoms with van der Waals surface area (Å²) in [7, 11) is 0. The number of phenols is 1. The van der Waals surface area contributed by atoms with E-state index in [1.54, 1.807) is 6.07 Å². The predicted octanol–water partition coefficient (Wildman–Crippen LogP) is 4.63. The van der Waals surface area contributed by atoms with Gasteiger partial charge in [0.15, 0.2) is 0 Å². The van der Waals surface area contributed by atoms with E-state index in [1.165, 1.54) is 5.56 Å². The molecule has 0 bridgehead atoms. The summed E-state index contributed by atoms with van der Waals surface area (Å²) in [6, 6.07) is 16.1. The third-order valence-electron chi connectivity index (χ3n) is 4.25. The summed E-state index contributed by atoms with van der Waals surface area (Å²) in [6.07, 6.45) is 5.62. The van der Waals surface area contributed by atoms with E-state index in [1.807, 2.05) is 44.2 Å². The van der Waals surface area contributed by atoms with Crippen LogP contribution in [0.1, 0.15) is 44.4 Å². The molecule has 108 valence electrons. The van der Waals surface area contributed by atoms with E-state index in [-0.39, 0.29) is 11.2 Å². The second-order valence-electron chi connectivity index (χ2n) is 6.49. The van der Waals surface area contributed by atoms with E-state index in [0.29, 0.717) is 0 Å². The Morgan fingerprint density at radius 3 is 2.10 bits per heavy atom. The number of benzene rings is 2. The van der Waals surface area contributed by atoms with Gasteiger partial charge in [-0.15, -0.1) is 6.42 Å². The molecule has 0 unspecified atom stereocenters. The van der Waals surface area contributed by atoms with Gasteiger partial charge in [0, 0.05) is 11.0 Å². The quantitative estimate of drug-likeness (QED) is 0.812. The monoisotopic (exact) mass is 278 g/mol. The van der Waals surface area contributed by atoms with Gasteiger partial charge in [-0.1, -0.05) is 56.2 Å². The van der Waals surface area contributed by atoms with Crippen molar-refractivity contribution in [2.45, 2.75) is 38.5 Å². The lowest BCUT2D eigenvalue weighted by atomic mass is 9.75. The number of phenolic OH excluding ortho intramolecular Hbond substituents is 1. The third-order valence-corrected chi connectivity index (χ3v) is 4.25. The fourth-order valence-electron chi connectivity index (χ4n) is 2.52. The van der Waals surface area contributed by atoms with Gasteiger partial charge in [0.05, 0.1) is 5.41 Å².